The highest BCUT2D eigenvalue weighted by molar-refractivity contribution is 9.10. The highest BCUT2D eigenvalue weighted by Crippen LogP contribution is 2.46. The molecule has 0 radical (unpaired) electrons. The molecule has 1 amide bonds. The summed E-state index contributed by atoms with van der Waals surface area (Å²) in [7, 11) is 0. The minimum Gasteiger partial charge on any atom is -0.481 e. The van der Waals surface area contributed by atoms with Crippen LogP contribution in [-0.4, -0.2) is 27.9 Å². The van der Waals surface area contributed by atoms with Gasteiger partial charge in [0.1, 0.15) is 0 Å². The van der Waals surface area contributed by atoms with Gasteiger partial charge in [0, 0.05) is 21.8 Å². The van der Waals surface area contributed by atoms with Gasteiger partial charge in [-0.2, -0.15) is 0 Å². The van der Waals surface area contributed by atoms with Gasteiger partial charge in [-0.15, -0.1) is 11.3 Å². The number of likely N-dealkylation sites (tertiary alicyclic amines) is 1. The molecular weight excluding hydrogens is 342 g/mol. The van der Waals surface area contributed by atoms with Crippen LogP contribution in [0.4, 0.5) is 0 Å². The topological polar surface area (TPSA) is 57.6 Å². The molecule has 2 atom stereocenters. The maximum Gasteiger partial charge on any atom is 0.308 e. The Bertz CT molecular complexity index is 540. The van der Waals surface area contributed by atoms with Crippen molar-refractivity contribution < 1.29 is 14.7 Å². The zero-order valence-corrected chi connectivity index (χ0v) is 13.3. The number of rotatable bonds is 3. The van der Waals surface area contributed by atoms with E-state index < -0.39 is 11.9 Å². The van der Waals surface area contributed by atoms with Crippen LogP contribution in [-0.2, 0) is 9.59 Å². The van der Waals surface area contributed by atoms with E-state index in [0.717, 1.165) is 22.2 Å². The van der Waals surface area contributed by atoms with Gasteiger partial charge in [0.15, 0.2) is 0 Å². The van der Waals surface area contributed by atoms with E-state index in [4.69, 9.17) is 0 Å². The maximum absolute atomic E-state index is 12.4. The van der Waals surface area contributed by atoms with Gasteiger partial charge in [-0.25, -0.2) is 0 Å². The van der Waals surface area contributed by atoms with Crippen LogP contribution in [0.5, 0.6) is 0 Å². The normalized spacial score (nSPS) is 27.4. The zero-order chi connectivity index (χ0) is 14.3. The fourth-order valence-corrected chi connectivity index (χ4v) is 4.75. The summed E-state index contributed by atoms with van der Waals surface area (Å²) in [5.41, 5.74) is 0. The van der Waals surface area contributed by atoms with Gasteiger partial charge in [-0.3, -0.25) is 9.59 Å². The minimum atomic E-state index is -0.796. The molecule has 2 aliphatic rings. The van der Waals surface area contributed by atoms with E-state index in [-0.39, 0.29) is 18.0 Å². The minimum absolute atomic E-state index is 0.113. The van der Waals surface area contributed by atoms with Crippen LogP contribution in [0.1, 0.15) is 43.0 Å². The SMILES string of the molecule is O=C(O)C1CCCC(=O)N(C2CC2)C1c1sccc1Br. The van der Waals surface area contributed by atoms with Crippen LogP contribution in [0.3, 0.4) is 0 Å². The van der Waals surface area contributed by atoms with E-state index in [1.807, 2.05) is 16.3 Å². The third-order valence-corrected chi connectivity index (χ3v) is 5.99. The molecule has 1 aromatic heterocycles. The van der Waals surface area contributed by atoms with Gasteiger partial charge >= 0.3 is 5.97 Å². The van der Waals surface area contributed by atoms with Gasteiger partial charge in [0.05, 0.1) is 12.0 Å². The first-order valence-corrected chi connectivity index (χ1v) is 8.53. The molecule has 1 aliphatic heterocycles. The first-order chi connectivity index (χ1) is 9.59. The Balaban J connectivity index is 2.05. The summed E-state index contributed by atoms with van der Waals surface area (Å²) in [6, 6.07) is 1.85. The zero-order valence-electron chi connectivity index (χ0n) is 10.9. The van der Waals surface area contributed by atoms with Crippen LogP contribution in [0.15, 0.2) is 15.9 Å². The van der Waals surface area contributed by atoms with Crippen molar-refractivity contribution in [2.75, 3.05) is 0 Å². The van der Waals surface area contributed by atoms with Gasteiger partial charge in [-0.05, 0) is 53.1 Å². The number of carbonyl (C=O) groups is 2. The quantitative estimate of drug-likeness (QED) is 0.901. The molecule has 3 rings (SSSR count). The number of thiophene rings is 1. The van der Waals surface area contributed by atoms with Gasteiger partial charge < -0.3 is 10.0 Å². The average molecular weight is 358 g/mol. The van der Waals surface area contributed by atoms with Crippen molar-refractivity contribution in [3.05, 3.63) is 20.8 Å². The molecule has 0 spiro atoms. The number of carboxylic acids is 1. The fraction of sp³-hybridized carbons (Fsp3) is 0.571. The molecule has 1 aliphatic carbocycles. The predicted molar refractivity (Wildman–Crippen MR) is 79.6 cm³/mol. The Morgan fingerprint density at radius 2 is 2.15 bits per heavy atom. The van der Waals surface area contributed by atoms with E-state index in [9.17, 15) is 14.7 Å². The molecule has 1 saturated carbocycles. The lowest BCUT2D eigenvalue weighted by Crippen LogP contribution is -2.40. The molecule has 0 aromatic carbocycles. The fourth-order valence-electron chi connectivity index (χ4n) is 2.98. The smallest absolute Gasteiger partial charge is 0.308 e. The van der Waals surface area contributed by atoms with E-state index >= 15 is 0 Å². The molecule has 2 heterocycles. The number of nitrogens with zero attached hydrogens (tertiary/aromatic N) is 1. The first kappa shape index (κ1) is 14.1. The van der Waals surface area contributed by atoms with Crippen molar-refractivity contribution in [3.63, 3.8) is 0 Å². The lowest BCUT2D eigenvalue weighted by atomic mass is 9.93. The third-order valence-electron chi connectivity index (χ3n) is 4.05. The highest BCUT2D eigenvalue weighted by Gasteiger charge is 2.45. The maximum atomic E-state index is 12.4. The lowest BCUT2D eigenvalue weighted by molar-refractivity contribution is -0.146. The Labute approximate surface area is 129 Å². The Morgan fingerprint density at radius 3 is 2.70 bits per heavy atom. The molecule has 1 N–H and O–H groups in total. The molecule has 1 aromatic rings. The second-order valence-corrected chi connectivity index (χ2v) is 7.25. The van der Waals surface area contributed by atoms with Crippen molar-refractivity contribution in [3.8, 4) is 0 Å². The highest BCUT2D eigenvalue weighted by atomic mass is 79.9. The van der Waals surface area contributed by atoms with Crippen LogP contribution in [0, 0.1) is 5.92 Å². The summed E-state index contributed by atoms with van der Waals surface area (Å²) in [6.45, 7) is 0. The van der Waals surface area contributed by atoms with Crippen molar-refractivity contribution in [2.45, 2.75) is 44.2 Å². The van der Waals surface area contributed by atoms with Crippen LogP contribution in [0.25, 0.3) is 0 Å². The van der Waals surface area contributed by atoms with E-state index in [1.165, 1.54) is 11.3 Å². The second kappa shape index (κ2) is 5.48. The largest absolute Gasteiger partial charge is 0.481 e. The van der Waals surface area contributed by atoms with Crippen LogP contribution in [0.2, 0.25) is 0 Å². The summed E-state index contributed by atoms with van der Waals surface area (Å²) in [4.78, 5) is 26.9. The van der Waals surface area contributed by atoms with Crippen LogP contribution < -0.4 is 0 Å². The van der Waals surface area contributed by atoms with Gasteiger partial charge in [0.25, 0.3) is 0 Å². The van der Waals surface area contributed by atoms with Gasteiger partial charge in [0.2, 0.25) is 5.91 Å². The number of carbonyl (C=O) groups excluding carboxylic acids is 1. The molecule has 6 heteroatoms. The Hall–Kier alpha value is -0.880. The van der Waals surface area contributed by atoms with Crippen molar-refractivity contribution in [1.29, 1.82) is 0 Å². The summed E-state index contributed by atoms with van der Waals surface area (Å²) < 4.78 is 0.916. The summed E-state index contributed by atoms with van der Waals surface area (Å²) >= 11 is 5.03. The third kappa shape index (κ3) is 2.51. The monoisotopic (exact) mass is 357 g/mol. The number of carboxylic acid groups (broad SMARTS) is 1. The van der Waals surface area contributed by atoms with E-state index in [1.54, 1.807) is 0 Å². The number of halogens is 1. The van der Waals surface area contributed by atoms with Crippen molar-refractivity contribution >= 4 is 39.1 Å². The molecule has 0 bridgehead atoms. The van der Waals surface area contributed by atoms with Crippen LogP contribution >= 0.6 is 27.3 Å². The molecule has 4 nitrogen and oxygen atoms in total. The van der Waals surface area contributed by atoms with E-state index in [0.29, 0.717) is 19.3 Å². The molecule has 1 saturated heterocycles. The van der Waals surface area contributed by atoms with E-state index in [2.05, 4.69) is 15.9 Å². The van der Waals surface area contributed by atoms with Crippen molar-refractivity contribution in [2.24, 2.45) is 5.92 Å². The second-order valence-electron chi connectivity index (χ2n) is 5.45. The molecule has 108 valence electrons. The standard InChI is InChI=1S/C14H16BrNO3S/c15-10-6-7-20-13(10)12-9(14(18)19)2-1-3-11(17)16(12)8-4-5-8/h6-9,12H,1-5H2,(H,18,19). The summed E-state index contributed by atoms with van der Waals surface area (Å²) in [6.07, 6.45) is 3.70. The summed E-state index contributed by atoms with van der Waals surface area (Å²) in [5, 5.41) is 11.5. The molecule has 20 heavy (non-hydrogen) atoms. The summed E-state index contributed by atoms with van der Waals surface area (Å²) in [5.74, 6) is -1.19. The molecule has 2 unspecified atom stereocenters. The Morgan fingerprint density at radius 1 is 1.40 bits per heavy atom. The first-order valence-electron chi connectivity index (χ1n) is 6.86. The van der Waals surface area contributed by atoms with Gasteiger partial charge in [-0.1, -0.05) is 0 Å². The predicted octanol–water partition coefficient (Wildman–Crippen LogP) is 3.43. The number of aliphatic carboxylic acids is 1. The lowest BCUT2D eigenvalue weighted by Gasteiger charge is -2.33. The Kier molecular flexibility index (Phi) is 3.86. The number of amides is 1. The number of hydrogen-bond acceptors (Lipinski definition) is 3. The molecular formula is C14H16BrNO3S. The number of hydrogen-bond donors (Lipinski definition) is 1. The van der Waals surface area contributed by atoms with Crippen molar-refractivity contribution in [1.82, 2.24) is 4.90 Å². The molecule has 2 fully saturated rings. The average Bonchev–Trinajstić information content (AvgIpc) is 3.15.